The lowest BCUT2D eigenvalue weighted by Crippen LogP contribution is -3.14. The maximum absolute atomic E-state index is 9.73. The van der Waals surface area contributed by atoms with Gasteiger partial charge in [-0.15, -0.1) is 10.5 Å². The van der Waals surface area contributed by atoms with Crippen molar-refractivity contribution in [3.63, 3.8) is 0 Å². The number of nitrogens with zero attached hydrogens (tertiary/aromatic N) is 6. The third-order valence-electron chi connectivity index (χ3n) is 3.96. The number of quaternary nitrogens is 1. The van der Waals surface area contributed by atoms with E-state index in [1.165, 1.54) is 0 Å². The molecule has 0 aromatic carbocycles. The molecule has 0 saturated carbocycles. The Kier molecular flexibility index (Phi) is 5.79. The number of piperidine rings is 1. The van der Waals surface area contributed by atoms with Gasteiger partial charge in [0, 0.05) is 19.2 Å². The first-order valence-corrected chi connectivity index (χ1v) is 8.69. The smallest absolute Gasteiger partial charge is 0.128 e. The van der Waals surface area contributed by atoms with Crippen LogP contribution in [0.4, 0.5) is 5.82 Å². The van der Waals surface area contributed by atoms with Crippen LogP contribution in [0, 0.1) is 0 Å². The zero-order valence-corrected chi connectivity index (χ0v) is 15.3. The summed E-state index contributed by atoms with van der Waals surface area (Å²) in [6.45, 7) is 7.47. The second-order valence-electron chi connectivity index (χ2n) is 7.30. The zero-order valence-electron chi connectivity index (χ0n) is 15.3. The van der Waals surface area contributed by atoms with E-state index in [4.69, 9.17) is 4.84 Å². The highest BCUT2D eigenvalue weighted by molar-refractivity contribution is 5.43. The molecule has 10 heteroatoms. The van der Waals surface area contributed by atoms with Crippen LogP contribution in [0.25, 0.3) is 11.3 Å². The molecule has 3 heterocycles. The van der Waals surface area contributed by atoms with Crippen LogP contribution in [0.5, 0.6) is 0 Å². The van der Waals surface area contributed by atoms with E-state index in [0.717, 1.165) is 37.4 Å². The Morgan fingerprint density at radius 2 is 2.08 bits per heavy atom. The summed E-state index contributed by atoms with van der Waals surface area (Å²) in [4.78, 5) is 12.2. The molecule has 1 fully saturated rings. The highest BCUT2D eigenvalue weighted by atomic mass is 16.8. The van der Waals surface area contributed by atoms with Crippen molar-refractivity contribution in [3.8, 4) is 5.69 Å². The molecule has 2 aromatic rings. The minimum Gasteiger partial charge on any atom is -0.429 e. The second-order valence-corrected chi connectivity index (χ2v) is 7.30. The minimum atomic E-state index is -0.260. The van der Waals surface area contributed by atoms with Gasteiger partial charge in [-0.1, -0.05) is 5.21 Å². The fourth-order valence-electron chi connectivity index (χ4n) is 2.72. The van der Waals surface area contributed by atoms with Crippen LogP contribution in [-0.2, 0) is 4.84 Å². The number of aromatic nitrogens is 4. The van der Waals surface area contributed by atoms with Gasteiger partial charge < -0.3 is 9.74 Å². The van der Waals surface area contributed by atoms with Crippen LogP contribution in [-0.4, -0.2) is 49.9 Å². The quantitative estimate of drug-likeness (QED) is 0.640. The average molecular weight is 362 g/mol. The third-order valence-corrected chi connectivity index (χ3v) is 3.96. The highest BCUT2D eigenvalue weighted by Crippen LogP contribution is 2.20. The van der Waals surface area contributed by atoms with Crippen molar-refractivity contribution >= 4 is 5.82 Å². The summed E-state index contributed by atoms with van der Waals surface area (Å²) in [7, 11) is 0. The molecule has 0 radical (unpaired) electrons. The van der Waals surface area contributed by atoms with Gasteiger partial charge in [0.25, 0.3) is 0 Å². The second kappa shape index (κ2) is 8.06. The van der Waals surface area contributed by atoms with E-state index < -0.39 is 0 Å². The Balaban J connectivity index is 1.45. The summed E-state index contributed by atoms with van der Waals surface area (Å²) in [6.07, 6.45) is 6.83. The number of nitrogens with one attached hydrogen (secondary N) is 2. The molecule has 0 aliphatic carbocycles. The average Bonchev–Trinajstić information content (AvgIpc) is 3.14. The van der Waals surface area contributed by atoms with Gasteiger partial charge >= 0.3 is 0 Å². The zero-order chi connectivity index (χ0) is 18.6. The monoisotopic (exact) mass is 362 g/mol. The maximum Gasteiger partial charge on any atom is 0.128 e. The van der Waals surface area contributed by atoms with Crippen molar-refractivity contribution in [2.24, 2.45) is 0 Å². The molecular formula is C16H26N8O2. The first-order chi connectivity index (χ1) is 12.4. The number of rotatable bonds is 6. The summed E-state index contributed by atoms with van der Waals surface area (Å²) in [5, 5.41) is 17.3. The molecule has 1 atom stereocenters. The van der Waals surface area contributed by atoms with Gasteiger partial charge in [0.05, 0.1) is 29.8 Å². The molecule has 0 bridgehead atoms. The van der Waals surface area contributed by atoms with Gasteiger partial charge in [0.15, 0.2) is 0 Å². The lowest BCUT2D eigenvalue weighted by Gasteiger charge is -2.37. The molecule has 1 aliphatic rings. The van der Waals surface area contributed by atoms with Gasteiger partial charge in [0.2, 0.25) is 0 Å². The van der Waals surface area contributed by atoms with Crippen LogP contribution in [0.3, 0.4) is 0 Å². The first kappa shape index (κ1) is 18.7. The molecular weight excluding hydrogens is 336 g/mol. The van der Waals surface area contributed by atoms with Crippen molar-refractivity contribution in [1.29, 1.82) is 0 Å². The number of pyridine rings is 1. The summed E-state index contributed by atoms with van der Waals surface area (Å²) < 4.78 is 1.67. The fourth-order valence-corrected chi connectivity index (χ4v) is 2.72. The topological polar surface area (TPSA) is 107 Å². The summed E-state index contributed by atoms with van der Waals surface area (Å²) >= 11 is 0. The van der Waals surface area contributed by atoms with Crippen LogP contribution in [0.2, 0.25) is 0 Å². The molecule has 10 nitrogen and oxygen atoms in total. The molecule has 26 heavy (non-hydrogen) atoms. The summed E-state index contributed by atoms with van der Waals surface area (Å²) in [6, 6.07) is 3.95. The van der Waals surface area contributed by atoms with E-state index in [-0.39, 0.29) is 16.9 Å². The highest BCUT2D eigenvalue weighted by Gasteiger charge is 2.20. The Labute approximate surface area is 152 Å². The molecule has 1 saturated heterocycles. The Morgan fingerprint density at radius 1 is 1.31 bits per heavy atom. The summed E-state index contributed by atoms with van der Waals surface area (Å²) in [5.74, 6) is 0.924. The third kappa shape index (κ3) is 5.19. The number of anilines is 1. The molecule has 2 aromatic heterocycles. The molecule has 0 amide bonds. The van der Waals surface area contributed by atoms with Crippen molar-refractivity contribution in [1.82, 2.24) is 25.4 Å². The standard InChI is InChI=1S/C16H26N8O2/c1-16(2,3)19-24(25)21-26-14-6-9-22(10-7-14)15-5-4-13(12-17-15)23-11-8-18-20-23/h4-5,8,11-12,14,19,24-25H,6-7,9-10H2,1-3H3. The predicted molar refractivity (Wildman–Crippen MR) is 94.5 cm³/mol. The van der Waals surface area contributed by atoms with Crippen LogP contribution >= 0.6 is 0 Å². The van der Waals surface area contributed by atoms with Crippen molar-refractivity contribution in [2.75, 3.05) is 18.0 Å². The van der Waals surface area contributed by atoms with Gasteiger partial charge in [-0.25, -0.2) is 14.9 Å². The van der Waals surface area contributed by atoms with E-state index in [9.17, 15) is 5.21 Å². The van der Waals surface area contributed by atoms with Crippen molar-refractivity contribution in [2.45, 2.75) is 45.3 Å². The fraction of sp³-hybridized carbons (Fsp3) is 0.562. The normalized spacial score (nSPS) is 17.5. The molecule has 3 N–H and O–H groups in total. The maximum atomic E-state index is 9.73. The van der Waals surface area contributed by atoms with E-state index in [1.54, 1.807) is 23.3 Å². The van der Waals surface area contributed by atoms with E-state index >= 15 is 0 Å². The van der Waals surface area contributed by atoms with Gasteiger partial charge in [-0.3, -0.25) is 5.59 Å². The van der Waals surface area contributed by atoms with E-state index in [1.807, 2.05) is 32.9 Å². The summed E-state index contributed by atoms with van der Waals surface area (Å²) in [5.41, 5.74) is 7.26. The van der Waals surface area contributed by atoms with Crippen LogP contribution < -0.4 is 15.6 Å². The Morgan fingerprint density at radius 3 is 2.65 bits per heavy atom. The Hall–Kier alpha value is -2.11. The number of hydrogen-bond donors (Lipinski definition) is 3. The van der Waals surface area contributed by atoms with E-state index in [0.29, 0.717) is 0 Å². The first-order valence-electron chi connectivity index (χ1n) is 8.69. The van der Waals surface area contributed by atoms with Gasteiger partial charge in [0.1, 0.15) is 5.82 Å². The largest absolute Gasteiger partial charge is 0.429 e. The van der Waals surface area contributed by atoms with Crippen molar-refractivity contribution < 1.29 is 15.3 Å². The molecule has 0 spiro atoms. The predicted octanol–water partition coefficient (Wildman–Crippen LogP) is 0.429. The molecule has 1 unspecified atom stereocenters. The van der Waals surface area contributed by atoms with Gasteiger partial charge in [-0.2, -0.15) is 5.28 Å². The molecule has 3 rings (SSSR count). The van der Waals surface area contributed by atoms with Crippen LogP contribution in [0.15, 0.2) is 30.7 Å². The SMILES string of the molecule is CC(C)(C)N[NH+](O)[N-]OC1CCN(c2ccc(-n3ccnn3)cn2)CC1. The van der Waals surface area contributed by atoms with Crippen molar-refractivity contribution in [3.05, 3.63) is 36.3 Å². The lowest BCUT2D eigenvalue weighted by atomic mass is 10.1. The van der Waals surface area contributed by atoms with Gasteiger partial charge in [-0.05, 0) is 45.7 Å². The van der Waals surface area contributed by atoms with E-state index in [2.05, 4.69) is 31.2 Å². The number of hydrogen-bond acceptors (Lipinski definition) is 7. The molecule has 1 aliphatic heterocycles. The minimum absolute atomic E-state index is 0.00964. The molecule has 142 valence electrons. The Bertz CT molecular complexity index is 663. The lowest BCUT2D eigenvalue weighted by molar-refractivity contribution is -1.11. The van der Waals surface area contributed by atoms with Crippen LogP contribution in [0.1, 0.15) is 33.6 Å².